The van der Waals surface area contributed by atoms with Gasteiger partial charge < -0.3 is 4.84 Å². The van der Waals surface area contributed by atoms with E-state index in [0.717, 1.165) is 5.56 Å². The number of halogens is 1. The standard InChI is InChI=1S/C14H10ClN3O2/c1-8-6-12-17-14(19)11(13(16)18(12)20-8)7-9-2-4-10(15)5-3-9/h2-7,16H,1H3/b11-7-,16-13?. The average molecular weight is 288 g/mol. The van der Waals surface area contributed by atoms with Gasteiger partial charge in [0.2, 0.25) is 0 Å². The number of hydroxylamine groups is 2. The van der Waals surface area contributed by atoms with Crippen molar-refractivity contribution in [1.82, 2.24) is 5.06 Å². The lowest BCUT2D eigenvalue weighted by Crippen LogP contribution is -2.38. The molecule has 100 valence electrons. The molecule has 0 radical (unpaired) electrons. The number of amidine groups is 2. The number of benzene rings is 1. The van der Waals surface area contributed by atoms with E-state index in [9.17, 15) is 4.79 Å². The fraction of sp³-hybridized carbons (Fsp3) is 0.0714. The van der Waals surface area contributed by atoms with Crippen molar-refractivity contribution in [3.8, 4) is 0 Å². The molecule has 1 N–H and O–H groups in total. The van der Waals surface area contributed by atoms with Crippen LogP contribution in [0.25, 0.3) is 6.08 Å². The van der Waals surface area contributed by atoms with Crippen molar-refractivity contribution in [1.29, 1.82) is 5.41 Å². The molecule has 6 heteroatoms. The maximum atomic E-state index is 12.0. The number of carbonyl (C=O) groups is 1. The van der Waals surface area contributed by atoms with Gasteiger partial charge in [-0.2, -0.15) is 4.99 Å². The monoisotopic (exact) mass is 287 g/mol. The molecule has 2 heterocycles. The van der Waals surface area contributed by atoms with Gasteiger partial charge in [0.05, 0.1) is 5.57 Å². The van der Waals surface area contributed by atoms with Crippen LogP contribution in [0.15, 0.2) is 46.7 Å². The first-order chi connectivity index (χ1) is 9.54. The lowest BCUT2D eigenvalue weighted by Gasteiger charge is -2.22. The molecule has 0 saturated heterocycles. The van der Waals surface area contributed by atoms with Gasteiger partial charge in [0, 0.05) is 11.1 Å². The summed E-state index contributed by atoms with van der Waals surface area (Å²) >= 11 is 5.81. The number of allylic oxidation sites excluding steroid dienone is 1. The second-order valence-corrected chi connectivity index (χ2v) is 4.81. The SMILES string of the molecule is CC1=CC2=NC(=O)/C(=C\c3ccc(Cl)cc3)C(=N)N2O1. The van der Waals surface area contributed by atoms with Gasteiger partial charge in [-0.1, -0.05) is 23.7 Å². The molecule has 0 saturated carbocycles. The molecule has 2 aliphatic rings. The fourth-order valence-corrected chi connectivity index (χ4v) is 2.05. The second-order valence-electron chi connectivity index (χ2n) is 4.37. The van der Waals surface area contributed by atoms with Gasteiger partial charge in [0.15, 0.2) is 11.7 Å². The maximum Gasteiger partial charge on any atom is 0.282 e. The quantitative estimate of drug-likeness (QED) is 0.808. The first-order valence-corrected chi connectivity index (χ1v) is 6.28. The molecule has 2 aliphatic heterocycles. The van der Waals surface area contributed by atoms with E-state index in [1.807, 2.05) is 0 Å². The summed E-state index contributed by atoms with van der Waals surface area (Å²) in [5.74, 6) is 0.452. The molecule has 1 amide bonds. The lowest BCUT2D eigenvalue weighted by molar-refractivity contribution is -0.114. The van der Waals surface area contributed by atoms with Crippen LogP contribution in [0.2, 0.25) is 5.02 Å². The third kappa shape index (κ3) is 2.12. The third-order valence-electron chi connectivity index (χ3n) is 2.86. The van der Waals surface area contributed by atoms with E-state index < -0.39 is 5.91 Å². The van der Waals surface area contributed by atoms with Crippen LogP contribution in [-0.2, 0) is 9.63 Å². The van der Waals surface area contributed by atoms with Crippen molar-refractivity contribution >= 4 is 35.3 Å². The molecular formula is C14H10ClN3O2. The molecule has 1 aromatic rings. The Morgan fingerprint density at radius 2 is 2.05 bits per heavy atom. The van der Waals surface area contributed by atoms with E-state index in [-0.39, 0.29) is 11.4 Å². The minimum absolute atomic E-state index is 0.0250. The van der Waals surface area contributed by atoms with Crippen LogP contribution in [0.4, 0.5) is 0 Å². The van der Waals surface area contributed by atoms with E-state index in [0.29, 0.717) is 16.6 Å². The summed E-state index contributed by atoms with van der Waals surface area (Å²) in [7, 11) is 0. The molecule has 0 unspecified atom stereocenters. The highest BCUT2D eigenvalue weighted by molar-refractivity contribution is 6.32. The Balaban J connectivity index is 1.98. The van der Waals surface area contributed by atoms with Crippen LogP contribution >= 0.6 is 11.6 Å². The Bertz CT molecular complexity index is 702. The van der Waals surface area contributed by atoms with Gasteiger partial charge in [-0.25, -0.2) is 0 Å². The van der Waals surface area contributed by atoms with Gasteiger partial charge in [-0.3, -0.25) is 10.2 Å². The summed E-state index contributed by atoms with van der Waals surface area (Å²) < 4.78 is 0. The second kappa shape index (κ2) is 4.61. The topological polar surface area (TPSA) is 65.8 Å². The molecule has 0 aromatic heterocycles. The van der Waals surface area contributed by atoms with E-state index in [4.69, 9.17) is 21.8 Å². The first kappa shape index (κ1) is 12.6. The smallest absolute Gasteiger partial charge is 0.282 e. The Morgan fingerprint density at radius 3 is 2.75 bits per heavy atom. The Labute approximate surface area is 120 Å². The van der Waals surface area contributed by atoms with Gasteiger partial charge in [0.1, 0.15) is 5.76 Å². The predicted octanol–water partition coefficient (Wildman–Crippen LogP) is 2.79. The summed E-state index contributed by atoms with van der Waals surface area (Å²) in [4.78, 5) is 21.2. The molecule has 3 rings (SSSR count). The molecular weight excluding hydrogens is 278 g/mol. The average Bonchev–Trinajstić information content (AvgIpc) is 2.77. The van der Waals surface area contributed by atoms with Gasteiger partial charge in [-0.15, -0.1) is 5.06 Å². The van der Waals surface area contributed by atoms with Gasteiger partial charge in [0.25, 0.3) is 5.91 Å². The predicted molar refractivity (Wildman–Crippen MR) is 76.3 cm³/mol. The van der Waals surface area contributed by atoms with Crippen molar-refractivity contribution in [2.45, 2.75) is 6.92 Å². The highest BCUT2D eigenvalue weighted by atomic mass is 35.5. The van der Waals surface area contributed by atoms with Crippen molar-refractivity contribution in [3.63, 3.8) is 0 Å². The fourth-order valence-electron chi connectivity index (χ4n) is 1.93. The molecule has 0 aliphatic carbocycles. The largest absolute Gasteiger partial charge is 0.376 e. The molecule has 5 nitrogen and oxygen atoms in total. The van der Waals surface area contributed by atoms with Crippen molar-refractivity contribution in [2.24, 2.45) is 4.99 Å². The van der Waals surface area contributed by atoms with E-state index in [1.54, 1.807) is 43.3 Å². The maximum absolute atomic E-state index is 12.0. The minimum atomic E-state index is -0.453. The van der Waals surface area contributed by atoms with Crippen molar-refractivity contribution < 1.29 is 9.63 Å². The van der Waals surface area contributed by atoms with Crippen LogP contribution in [-0.4, -0.2) is 22.6 Å². The van der Waals surface area contributed by atoms with E-state index >= 15 is 0 Å². The summed E-state index contributed by atoms with van der Waals surface area (Å²) in [6.07, 6.45) is 3.21. The number of aliphatic imine (C=N–C) groups is 1. The molecule has 0 atom stereocenters. The van der Waals surface area contributed by atoms with Gasteiger partial charge in [-0.05, 0) is 30.7 Å². The van der Waals surface area contributed by atoms with E-state index in [1.165, 1.54) is 5.06 Å². The van der Waals surface area contributed by atoms with Crippen LogP contribution in [0, 0.1) is 5.41 Å². The molecule has 0 spiro atoms. The van der Waals surface area contributed by atoms with Crippen LogP contribution in [0.3, 0.4) is 0 Å². The zero-order chi connectivity index (χ0) is 14.3. The zero-order valence-corrected chi connectivity index (χ0v) is 11.3. The third-order valence-corrected chi connectivity index (χ3v) is 3.11. The van der Waals surface area contributed by atoms with E-state index in [2.05, 4.69) is 4.99 Å². The number of hydrogen-bond donors (Lipinski definition) is 1. The number of carbonyl (C=O) groups excluding carboxylic acids is 1. The molecule has 0 bridgehead atoms. The summed E-state index contributed by atoms with van der Waals surface area (Å²) in [6.45, 7) is 1.74. The number of hydrogen-bond acceptors (Lipinski definition) is 3. The van der Waals surface area contributed by atoms with Crippen LogP contribution in [0.1, 0.15) is 12.5 Å². The van der Waals surface area contributed by atoms with Crippen molar-refractivity contribution in [2.75, 3.05) is 0 Å². The highest BCUT2D eigenvalue weighted by Gasteiger charge is 2.34. The number of nitrogens with one attached hydrogen (secondary N) is 1. The van der Waals surface area contributed by atoms with Crippen LogP contribution < -0.4 is 0 Å². The molecule has 1 aromatic carbocycles. The van der Waals surface area contributed by atoms with Gasteiger partial charge >= 0.3 is 0 Å². The lowest BCUT2D eigenvalue weighted by atomic mass is 10.1. The number of nitrogens with zero attached hydrogens (tertiary/aromatic N) is 2. The number of amides is 1. The number of rotatable bonds is 1. The normalized spacial score (nSPS) is 19.7. The first-order valence-electron chi connectivity index (χ1n) is 5.90. The molecule has 0 fully saturated rings. The molecule has 20 heavy (non-hydrogen) atoms. The Kier molecular flexibility index (Phi) is 2.91. The van der Waals surface area contributed by atoms with Crippen molar-refractivity contribution in [3.05, 3.63) is 52.3 Å². The summed E-state index contributed by atoms with van der Waals surface area (Å²) in [5.41, 5.74) is 0.948. The Morgan fingerprint density at radius 1 is 1.35 bits per heavy atom. The highest BCUT2D eigenvalue weighted by Crippen LogP contribution is 2.23. The minimum Gasteiger partial charge on any atom is -0.376 e. The number of fused-ring (bicyclic) bond motifs is 1. The van der Waals surface area contributed by atoms with Crippen LogP contribution in [0.5, 0.6) is 0 Å². The zero-order valence-electron chi connectivity index (χ0n) is 10.6. The Hall–Kier alpha value is -2.40. The summed E-state index contributed by atoms with van der Waals surface area (Å²) in [6, 6.07) is 6.97. The summed E-state index contributed by atoms with van der Waals surface area (Å²) in [5, 5.41) is 9.90.